The van der Waals surface area contributed by atoms with Crippen LogP contribution in [0.15, 0.2) is 125 Å². The van der Waals surface area contributed by atoms with Crippen molar-refractivity contribution in [2.75, 3.05) is 30.6 Å². The highest BCUT2D eigenvalue weighted by Gasteiger charge is 2.26. The standard InChI is InChI=1S/C36H34N2O5S2/c1-25(45(39,40)41)22-23-37-33-6-4-5-7-35(33)44-36-21-10-27(24-34(36)37)26-8-11-28(12-9-26)38(29-13-17-31(42-2)18-14-29)30-15-19-32(43-3)20-16-30/h4-21,24-25H,22-23H2,1-3H3,(H,39,40,41). The minimum atomic E-state index is -4.12. The zero-order chi connectivity index (χ0) is 31.6. The van der Waals surface area contributed by atoms with E-state index in [4.69, 9.17) is 9.47 Å². The molecule has 1 aliphatic rings. The Bertz CT molecular complexity index is 1850. The fourth-order valence-corrected chi connectivity index (χ4v) is 6.90. The van der Waals surface area contributed by atoms with E-state index in [0.29, 0.717) is 13.0 Å². The molecule has 1 aliphatic heterocycles. The van der Waals surface area contributed by atoms with Crippen molar-refractivity contribution in [1.29, 1.82) is 0 Å². The summed E-state index contributed by atoms with van der Waals surface area (Å²) in [6, 6.07) is 38.9. The molecule has 0 radical (unpaired) electrons. The van der Waals surface area contributed by atoms with Gasteiger partial charge < -0.3 is 19.3 Å². The first-order valence-electron chi connectivity index (χ1n) is 14.6. The smallest absolute Gasteiger partial charge is 0.267 e. The van der Waals surface area contributed by atoms with Crippen LogP contribution in [0.5, 0.6) is 11.5 Å². The van der Waals surface area contributed by atoms with Crippen LogP contribution in [0.25, 0.3) is 11.1 Å². The minimum absolute atomic E-state index is 0.294. The van der Waals surface area contributed by atoms with E-state index >= 15 is 0 Å². The van der Waals surface area contributed by atoms with Gasteiger partial charge in [0.15, 0.2) is 0 Å². The van der Waals surface area contributed by atoms with Crippen molar-refractivity contribution in [1.82, 2.24) is 0 Å². The third kappa shape index (κ3) is 6.51. The number of hydrogen-bond donors (Lipinski definition) is 1. The molecule has 5 aromatic rings. The van der Waals surface area contributed by atoms with Crippen LogP contribution in [0.3, 0.4) is 0 Å². The molecule has 9 heteroatoms. The zero-order valence-electron chi connectivity index (χ0n) is 25.3. The molecule has 0 aromatic heterocycles. The molecule has 1 atom stereocenters. The molecule has 0 aliphatic carbocycles. The van der Waals surface area contributed by atoms with Crippen molar-refractivity contribution in [3.8, 4) is 22.6 Å². The van der Waals surface area contributed by atoms with Crippen molar-refractivity contribution < 1.29 is 22.4 Å². The van der Waals surface area contributed by atoms with Crippen LogP contribution in [-0.2, 0) is 10.1 Å². The summed E-state index contributed by atoms with van der Waals surface area (Å²) >= 11 is 1.70. The maximum atomic E-state index is 11.8. The lowest BCUT2D eigenvalue weighted by Gasteiger charge is -2.33. The van der Waals surface area contributed by atoms with Crippen molar-refractivity contribution in [2.45, 2.75) is 28.4 Å². The first-order chi connectivity index (χ1) is 21.7. The Morgan fingerprint density at radius 2 is 1.22 bits per heavy atom. The maximum Gasteiger partial charge on any atom is 0.267 e. The topological polar surface area (TPSA) is 79.3 Å². The van der Waals surface area contributed by atoms with Crippen LogP contribution in [0.4, 0.5) is 28.4 Å². The molecule has 1 heterocycles. The summed E-state index contributed by atoms with van der Waals surface area (Å²) in [6.07, 6.45) is 0.294. The average Bonchev–Trinajstić information content (AvgIpc) is 3.07. The molecule has 6 rings (SSSR count). The van der Waals surface area contributed by atoms with Gasteiger partial charge in [0.1, 0.15) is 11.5 Å². The average molecular weight is 639 g/mol. The van der Waals surface area contributed by atoms with Gasteiger partial charge in [-0.15, -0.1) is 0 Å². The number of fused-ring (bicyclic) bond motifs is 2. The Hall–Kier alpha value is -4.44. The quantitative estimate of drug-likeness (QED) is 0.152. The number of benzene rings is 5. The highest BCUT2D eigenvalue weighted by molar-refractivity contribution is 7.99. The van der Waals surface area contributed by atoms with E-state index in [9.17, 15) is 13.0 Å². The molecule has 0 saturated carbocycles. The first-order valence-corrected chi connectivity index (χ1v) is 16.9. The Balaban J connectivity index is 1.34. The third-order valence-electron chi connectivity index (χ3n) is 8.01. The largest absolute Gasteiger partial charge is 0.497 e. The zero-order valence-corrected chi connectivity index (χ0v) is 26.9. The van der Waals surface area contributed by atoms with Crippen molar-refractivity contribution in [3.63, 3.8) is 0 Å². The first kappa shape index (κ1) is 30.6. The summed E-state index contributed by atoms with van der Waals surface area (Å²) in [4.78, 5) is 6.55. The second-order valence-electron chi connectivity index (χ2n) is 10.8. The van der Waals surface area contributed by atoms with Gasteiger partial charge in [-0.3, -0.25) is 4.55 Å². The van der Waals surface area contributed by atoms with E-state index in [1.807, 2.05) is 60.7 Å². The van der Waals surface area contributed by atoms with Gasteiger partial charge in [0, 0.05) is 33.4 Å². The monoisotopic (exact) mass is 638 g/mol. The number of hydrogen-bond acceptors (Lipinski definition) is 7. The lowest BCUT2D eigenvalue weighted by molar-refractivity contribution is 0.415. The normalized spacial score (nSPS) is 13.0. The summed E-state index contributed by atoms with van der Waals surface area (Å²) in [6.45, 7) is 1.99. The van der Waals surface area contributed by atoms with E-state index in [-0.39, 0.29) is 0 Å². The van der Waals surface area contributed by atoms with Gasteiger partial charge in [-0.05, 0) is 109 Å². The number of para-hydroxylation sites is 1. The number of ether oxygens (including phenoxy) is 2. The molecule has 0 fully saturated rings. The molecule has 0 amide bonds. The minimum Gasteiger partial charge on any atom is -0.497 e. The van der Waals surface area contributed by atoms with Gasteiger partial charge in [0.05, 0.1) is 30.8 Å². The molecule has 0 saturated heterocycles. The summed E-state index contributed by atoms with van der Waals surface area (Å²) in [5, 5.41) is -0.863. The number of rotatable bonds is 10. The number of anilines is 5. The van der Waals surface area contributed by atoms with Crippen LogP contribution in [0, 0.1) is 0 Å². The van der Waals surface area contributed by atoms with Crippen molar-refractivity contribution in [2.24, 2.45) is 0 Å². The predicted molar refractivity (Wildman–Crippen MR) is 183 cm³/mol. The molecule has 0 bridgehead atoms. The van der Waals surface area contributed by atoms with Gasteiger partial charge in [-0.2, -0.15) is 8.42 Å². The highest BCUT2D eigenvalue weighted by Crippen LogP contribution is 2.49. The molecule has 5 aromatic carbocycles. The molecule has 230 valence electrons. The Labute approximate surface area is 268 Å². The lowest BCUT2D eigenvalue weighted by Crippen LogP contribution is -2.27. The predicted octanol–water partition coefficient (Wildman–Crippen LogP) is 9.11. The van der Waals surface area contributed by atoms with Gasteiger partial charge >= 0.3 is 0 Å². The van der Waals surface area contributed by atoms with Crippen LogP contribution in [0.1, 0.15) is 13.3 Å². The van der Waals surface area contributed by atoms with E-state index in [0.717, 1.165) is 60.9 Å². The SMILES string of the molecule is COc1ccc(N(c2ccc(OC)cc2)c2ccc(-c3ccc4c(c3)N(CCC(C)S(=O)(=O)O)c3ccccc3S4)cc2)cc1. The van der Waals surface area contributed by atoms with Gasteiger partial charge in [-0.25, -0.2) is 0 Å². The van der Waals surface area contributed by atoms with Gasteiger partial charge in [0.25, 0.3) is 10.1 Å². The molecular weight excluding hydrogens is 605 g/mol. The van der Waals surface area contributed by atoms with Crippen LogP contribution in [0.2, 0.25) is 0 Å². The molecule has 1 unspecified atom stereocenters. The molecule has 45 heavy (non-hydrogen) atoms. The van der Waals surface area contributed by atoms with Crippen molar-refractivity contribution in [3.05, 3.63) is 115 Å². The van der Waals surface area contributed by atoms with Crippen molar-refractivity contribution >= 4 is 50.3 Å². The summed E-state index contributed by atoms with van der Waals surface area (Å²) in [5.74, 6) is 1.58. The van der Waals surface area contributed by atoms with E-state index < -0.39 is 15.4 Å². The molecular formula is C36H34N2O5S2. The van der Waals surface area contributed by atoms with E-state index in [1.165, 1.54) is 0 Å². The third-order valence-corrected chi connectivity index (χ3v) is 10.4. The number of methoxy groups -OCH3 is 2. The second kappa shape index (κ2) is 12.9. The highest BCUT2D eigenvalue weighted by atomic mass is 32.2. The molecule has 1 N–H and O–H groups in total. The fraction of sp³-hybridized carbons (Fsp3) is 0.167. The molecule has 0 spiro atoms. The van der Waals surface area contributed by atoms with Gasteiger partial charge in [-0.1, -0.05) is 42.1 Å². The summed E-state index contributed by atoms with van der Waals surface area (Å²) in [7, 11) is -0.798. The second-order valence-corrected chi connectivity index (χ2v) is 13.7. The Kier molecular flexibility index (Phi) is 8.76. The molecule has 7 nitrogen and oxygen atoms in total. The van der Waals surface area contributed by atoms with Gasteiger partial charge in [0.2, 0.25) is 0 Å². The lowest BCUT2D eigenvalue weighted by atomic mass is 10.0. The van der Waals surface area contributed by atoms with Crippen LogP contribution >= 0.6 is 11.8 Å². The summed E-state index contributed by atoms with van der Waals surface area (Å²) < 4.78 is 43.9. The van der Waals surface area contributed by atoms with Crippen LogP contribution in [-0.4, -0.2) is 39.0 Å². The Morgan fingerprint density at radius 1 is 0.711 bits per heavy atom. The summed E-state index contributed by atoms with van der Waals surface area (Å²) in [5.41, 5.74) is 7.13. The van der Waals surface area contributed by atoms with E-state index in [2.05, 4.69) is 64.4 Å². The van der Waals surface area contributed by atoms with E-state index in [1.54, 1.807) is 32.9 Å². The Morgan fingerprint density at radius 3 is 1.78 bits per heavy atom. The fourth-order valence-electron chi connectivity index (χ4n) is 5.42. The maximum absolute atomic E-state index is 11.8. The van der Waals surface area contributed by atoms with Crippen LogP contribution < -0.4 is 19.3 Å². The number of nitrogens with zero attached hydrogens (tertiary/aromatic N) is 2.